The summed E-state index contributed by atoms with van der Waals surface area (Å²) in [4.78, 5) is 0. The number of aromatic nitrogens is 1. The van der Waals surface area contributed by atoms with Crippen LogP contribution >= 0.6 is 11.6 Å². The molecule has 0 unspecified atom stereocenters. The zero-order valence-corrected chi connectivity index (χ0v) is 13.1. The molecule has 0 spiro atoms. The van der Waals surface area contributed by atoms with Crippen molar-refractivity contribution in [1.29, 1.82) is 0 Å². The number of hydrogen-bond donors (Lipinski definition) is 1. The summed E-state index contributed by atoms with van der Waals surface area (Å²) in [5.41, 5.74) is 3.80. The molecule has 0 radical (unpaired) electrons. The maximum absolute atomic E-state index is 6.06. The lowest BCUT2D eigenvalue weighted by Crippen LogP contribution is -2.17. The van der Waals surface area contributed by atoms with Crippen LogP contribution < -0.4 is 5.32 Å². The highest BCUT2D eigenvalue weighted by Crippen LogP contribution is 2.22. The monoisotopic (exact) mass is 298 g/mol. The first-order valence-corrected chi connectivity index (χ1v) is 7.55. The number of fused-ring (bicyclic) bond motifs is 1. The summed E-state index contributed by atoms with van der Waals surface area (Å²) in [5, 5.41) is 5.67. The minimum absolute atomic E-state index is 0.266. The molecule has 0 saturated heterocycles. The summed E-state index contributed by atoms with van der Waals surface area (Å²) in [5.74, 6) is 0. The molecule has 1 N–H and O–H groups in total. The molecule has 2 aromatic carbocycles. The summed E-state index contributed by atoms with van der Waals surface area (Å²) in [6, 6.07) is 16.8. The van der Waals surface area contributed by atoms with E-state index in [0.717, 1.165) is 11.6 Å². The Bertz CT molecular complexity index is 761. The molecule has 0 aliphatic heterocycles. The molecular weight excluding hydrogens is 280 g/mol. The van der Waals surface area contributed by atoms with Crippen molar-refractivity contribution in [3.05, 3.63) is 70.9 Å². The van der Waals surface area contributed by atoms with Gasteiger partial charge in [-0.15, -0.1) is 0 Å². The van der Waals surface area contributed by atoms with Crippen LogP contribution in [0.2, 0.25) is 5.02 Å². The molecular formula is C18H19ClN2. The molecule has 0 bridgehead atoms. The Hall–Kier alpha value is -1.77. The number of aryl methyl sites for hydroxylation is 1. The Labute approximate surface area is 130 Å². The SMILES string of the molecule is C[C@@H](NCc1cn(C)c2ccccc12)c1cccc(Cl)c1. The minimum atomic E-state index is 0.266. The average Bonchev–Trinajstić information content (AvgIpc) is 2.82. The van der Waals surface area contributed by atoms with E-state index in [1.54, 1.807) is 0 Å². The van der Waals surface area contributed by atoms with Crippen molar-refractivity contribution >= 4 is 22.5 Å². The van der Waals surface area contributed by atoms with Crippen molar-refractivity contribution in [1.82, 2.24) is 9.88 Å². The first-order valence-electron chi connectivity index (χ1n) is 7.17. The molecule has 3 heteroatoms. The Balaban J connectivity index is 1.77. The van der Waals surface area contributed by atoms with Crippen molar-refractivity contribution in [2.75, 3.05) is 0 Å². The fourth-order valence-corrected chi connectivity index (χ4v) is 2.92. The van der Waals surface area contributed by atoms with E-state index in [9.17, 15) is 0 Å². The van der Waals surface area contributed by atoms with Crippen molar-refractivity contribution in [3.63, 3.8) is 0 Å². The predicted molar refractivity (Wildman–Crippen MR) is 89.6 cm³/mol. The maximum atomic E-state index is 6.06. The standard InChI is InChI=1S/C18H19ClN2/c1-13(14-6-5-7-16(19)10-14)20-11-15-12-21(2)18-9-4-3-8-17(15)18/h3-10,12-13,20H,11H2,1-2H3/t13-/m1/s1. The van der Waals surface area contributed by atoms with E-state index < -0.39 is 0 Å². The molecule has 0 fully saturated rings. The normalized spacial score (nSPS) is 12.7. The van der Waals surface area contributed by atoms with Gasteiger partial charge in [0.25, 0.3) is 0 Å². The molecule has 0 amide bonds. The first-order chi connectivity index (χ1) is 10.1. The number of nitrogens with one attached hydrogen (secondary N) is 1. The Morgan fingerprint density at radius 1 is 1.14 bits per heavy atom. The van der Waals surface area contributed by atoms with E-state index in [-0.39, 0.29) is 6.04 Å². The van der Waals surface area contributed by atoms with Crippen molar-refractivity contribution < 1.29 is 0 Å². The molecule has 3 rings (SSSR count). The van der Waals surface area contributed by atoms with E-state index in [1.807, 2.05) is 18.2 Å². The van der Waals surface area contributed by atoms with E-state index in [1.165, 1.54) is 22.0 Å². The number of para-hydroxylation sites is 1. The second-order valence-corrected chi connectivity index (χ2v) is 5.88. The van der Waals surface area contributed by atoms with Crippen LogP contribution in [0.5, 0.6) is 0 Å². The highest BCUT2D eigenvalue weighted by molar-refractivity contribution is 6.30. The van der Waals surface area contributed by atoms with Crippen LogP contribution in [-0.2, 0) is 13.6 Å². The van der Waals surface area contributed by atoms with Gasteiger partial charge in [0.2, 0.25) is 0 Å². The molecule has 108 valence electrons. The zero-order valence-electron chi connectivity index (χ0n) is 12.3. The summed E-state index contributed by atoms with van der Waals surface area (Å²) in [6.07, 6.45) is 2.20. The molecule has 1 heterocycles. The molecule has 1 aromatic heterocycles. The largest absolute Gasteiger partial charge is 0.350 e. The van der Waals surface area contributed by atoms with Gasteiger partial charge in [0.1, 0.15) is 0 Å². The zero-order chi connectivity index (χ0) is 14.8. The quantitative estimate of drug-likeness (QED) is 0.740. The van der Waals surface area contributed by atoms with E-state index >= 15 is 0 Å². The van der Waals surface area contributed by atoms with Gasteiger partial charge >= 0.3 is 0 Å². The van der Waals surface area contributed by atoms with E-state index in [2.05, 4.69) is 60.4 Å². The smallest absolute Gasteiger partial charge is 0.0481 e. The third kappa shape index (κ3) is 2.97. The fraction of sp³-hybridized carbons (Fsp3) is 0.222. The van der Waals surface area contributed by atoms with Crippen LogP contribution in [0.15, 0.2) is 54.7 Å². The topological polar surface area (TPSA) is 17.0 Å². The summed E-state index contributed by atoms with van der Waals surface area (Å²) in [6.45, 7) is 3.01. The Morgan fingerprint density at radius 3 is 2.76 bits per heavy atom. The number of benzene rings is 2. The number of nitrogens with zero attached hydrogens (tertiary/aromatic N) is 1. The predicted octanol–water partition coefficient (Wildman–Crippen LogP) is 4.68. The van der Waals surface area contributed by atoms with Gasteiger partial charge in [0.15, 0.2) is 0 Å². The lowest BCUT2D eigenvalue weighted by atomic mass is 10.1. The van der Waals surface area contributed by atoms with Crippen LogP contribution in [0.25, 0.3) is 10.9 Å². The van der Waals surface area contributed by atoms with Crippen LogP contribution in [0, 0.1) is 0 Å². The minimum Gasteiger partial charge on any atom is -0.350 e. The first kappa shape index (κ1) is 14.2. The summed E-state index contributed by atoms with van der Waals surface area (Å²) in [7, 11) is 2.09. The molecule has 1 atom stereocenters. The molecule has 21 heavy (non-hydrogen) atoms. The van der Waals surface area contributed by atoms with Gasteiger partial charge in [0, 0.05) is 41.8 Å². The molecule has 2 nitrogen and oxygen atoms in total. The van der Waals surface area contributed by atoms with E-state index in [4.69, 9.17) is 11.6 Å². The Kier molecular flexibility index (Phi) is 4.00. The Morgan fingerprint density at radius 2 is 1.95 bits per heavy atom. The second kappa shape index (κ2) is 5.92. The van der Waals surface area contributed by atoms with Crippen molar-refractivity contribution in [3.8, 4) is 0 Å². The maximum Gasteiger partial charge on any atom is 0.0481 e. The highest BCUT2D eigenvalue weighted by Gasteiger charge is 2.09. The highest BCUT2D eigenvalue weighted by atomic mass is 35.5. The van der Waals surface area contributed by atoms with Crippen molar-refractivity contribution in [2.45, 2.75) is 19.5 Å². The number of halogens is 1. The van der Waals surface area contributed by atoms with Gasteiger partial charge < -0.3 is 9.88 Å². The van der Waals surface area contributed by atoms with Gasteiger partial charge in [-0.2, -0.15) is 0 Å². The number of hydrogen-bond acceptors (Lipinski definition) is 1. The van der Waals surface area contributed by atoms with Crippen LogP contribution in [0.4, 0.5) is 0 Å². The third-order valence-corrected chi connectivity index (χ3v) is 4.16. The van der Waals surface area contributed by atoms with Gasteiger partial charge in [-0.25, -0.2) is 0 Å². The van der Waals surface area contributed by atoms with Gasteiger partial charge in [-0.3, -0.25) is 0 Å². The van der Waals surface area contributed by atoms with Gasteiger partial charge in [-0.1, -0.05) is 41.9 Å². The average molecular weight is 299 g/mol. The molecule has 0 aliphatic rings. The summed E-state index contributed by atoms with van der Waals surface area (Å²) < 4.78 is 2.18. The van der Waals surface area contributed by atoms with Crippen LogP contribution in [0.3, 0.4) is 0 Å². The lowest BCUT2D eigenvalue weighted by Gasteiger charge is -2.14. The van der Waals surface area contributed by atoms with Gasteiger partial charge in [0.05, 0.1) is 0 Å². The second-order valence-electron chi connectivity index (χ2n) is 5.44. The van der Waals surface area contributed by atoms with Crippen molar-refractivity contribution in [2.24, 2.45) is 7.05 Å². The third-order valence-electron chi connectivity index (χ3n) is 3.93. The molecule has 0 aliphatic carbocycles. The molecule has 0 saturated carbocycles. The number of rotatable bonds is 4. The fourth-order valence-electron chi connectivity index (χ4n) is 2.72. The molecule has 3 aromatic rings. The van der Waals surface area contributed by atoms with E-state index in [0.29, 0.717) is 0 Å². The van der Waals surface area contributed by atoms with Crippen LogP contribution in [0.1, 0.15) is 24.1 Å². The lowest BCUT2D eigenvalue weighted by molar-refractivity contribution is 0.576. The van der Waals surface area contributed by atoms with Gasteiger partial charge in [-0.05, 0) is 36.2 Å². The summed E-state index contributed by atoms with van der Waals surface area (Å²) >= 11 is 6.06. The van der Waals surface area contributed by atoms with Crippen LogP contribution in [-0.4, -0.2) is 4.57 Å².